The Morgan fingerprint density at radius 3 is 3.06 bits per heavy atom. The molecule has 0 aliphatic carbocycles. The molecule has 1 aromatic carbocycles. The van der Waals surface area contributed by atoms with Crippen LogP contribution in [-0.2, 0) is 0 Å². The van der Waals surface area contributed by atoms with E-state index in [0.29, 0.717) is 6.04 Å². The summed E-state index contributed by atoms with van der Waals surface area (Å²) in [5.41, 5.74) is 2.27. The Balaban J connectivity index is 1.94. The van der Waals surface area contributed by atoms with Gasteiger partial charge >= 0.3 is 0 Å². The van der Waals surface area contributed by atoms with E-state index in [0.717, 1.165) is 18.6 Å². The maximum Gasteiger partial charge on any atom is 0.0703 e. The smallest absolute Gasteiger partial charge is 0.0703 e. The number of fused-ring (bicyclic) bond motifs is 1. The Labute approximate surface area is 101 Å². The van der Waals surface area contributed by atoms with Gasteiger partial charge in [0, 0.05) is 25.0 Å². The zero-order valence-electron chi connectivity index (χ0n) is 10.1. The molecule has 3 nitrogen and oxygen atoms in total. The highest BCUT2D eigenvalue weighted by Gasteiger charge is 2.19. The fourth-order valence-corrected chi connectivity index (χ4v) is 2.43. The average molecular weight is 227 g/mol. The van der Waals surface area contributed by atoms with Gasteiger partial charge in [0.25, 0.3) is 0 Å². The van der Waals surface area contributed by atoms with Gasteiger partial charge in [-0.15, -0.1) is 0 Å². The first kappa shape index (κ1) is 10.5. The fourth-order valence-electron chi connectivity index (χ4n) is 2.43. The van der Waals surface area contributed by atoms with Crippen molar-refractivity contribution in [3.63, 3.8) is 0 Å². The highest BCUT2D eigenvalue weighted by Crippen LogP contribution is 2.21. The van der Waals surface area contributed by atoms with Crippen LogP contribution >= 0.6 is 0 Å². The number of nitrogens with one attached hydrogen (secondary N) is 1. The van der Waals surface area contributed by atoms with Crippen LogP contribution in [0.3, 0.4) is 0 Å². The third-order valence-electron chi connectivity index (χ3n) is 3.57. The van der Waals surface area contributed by atoms with Gasteiger partial charge in [0.2, 0.25) is 0 Å². The molecule has 1 aliphatic rings. The molecule has 1 aliphatic heterocycles. The van der Waals surface area contributed by atoms with Crippen LogP contribution in [0.5, 0.6) is 0 Å². The van der Waals surface area contributed by atoms with Crippen molar-refractivity contribution in [2.75, 3.05) is 25.0 Å². The highest BCUT2D eigenvalue weighted by atomic mass is 15.2. The van der Waals surface area contributed by atoms with Gasteiger partial charge in [-0.2, -0.15) is 0 Å². The molecule has 0 saturated carbocycles. The monoisotopic (exact) mass is 227 g/mol. The Bertz CT molecular complexity index is 518. The fraction of sp³-hybridized carbons (Fsp3) is 0.357. The standard InChI is InChI=1S/C14H17N3/c1-17(12-6-7-15-9-12)13-8-11-4-2-3-5-14(11)16-10-13/h2-5,8,10,12,15H,6-7,9H2,1H3/t12-/m1/s1. The first-order valence-electron chi connectivity index (χ1n) is 6.13. The van der Waals surface area contributed by atoms with Crippen molar-refractivity contribution in [3.8, 4) is 0 Å². The summed E-state index contributed by atoms with van der Waals surface area (Å²) in [6.07, 6.45) is 3.18. The van der Waals surface area contributed by atoms with Crippen LogP contribution < -0.4 is 10.2 Å². The summed E-state index contributed by atoms with van der Waals surface area (Å²) >= 11 is 0. The topological polar surface area (TPSA) is 28.2 Å². The van der Waals surface area contributed by atoms with Gasteiger partial charge in [0.15, 0.2) is 0 Å². The molecule has 17 heavy (non-hydrogen) atoms. The second-order valence-electron chi connectivity index (χ2n) is 4.64. The Morgan fingerprint density at radius 1 is 1.35 bits per heavy atom. The number of anilines is 1. The first-order valence-corrected chi connectivity index (χ1v) is 6.13. The maximum absolute atomic E-state index is 4.51. The highest BCUT2D eigenvalue weighted by molar-refractivity contribution is 5.81. The van der Waals surface area contributed by atoms with Gasteiger partial charge in [-0.25, -0.2) is 0 Å². The molecular formula is C14H17N3. The van der Waals surface area contributed by atoms with E-state index >= 15 is 0 Å². The van der Waals surface area contributed by atoms with Gasteiger partial charge in [-0.05, 0) is 25.1 Å². The first-order chi connectivity index (χ1) is 8.34. The van der Waals surface area contributed by atoms with Crippen LogP contribution in [0.15, 0.2) is 36.5 Å². The number of para-hydroxylation sites is 1. The minimum Gasteiger partial charge on any atom is -0.369 e. The van der Waals surface area contributed by atoms with Gasteiger partial charge in [0.1, 0.15) is 0 Å². The summed E-state index contributed by atoms with van der Waals surface area (Å²) in [5.74, 6) is 0. The Kier molecular flexibility index (Phi) is 2.69. The van der Waals surface area contributed by atoms with Gasteiger partial charge in [-0.3, -0.25) is 4.98 Å². The van der Waals surface area contributed by atoms with Crippen molar-refractivity contribution >= 4 is 16.6 Å². The molecule has 2 aromatic rings. The SMILES string of the molecule is CN(c1cnc2ccccc2c1)[C@@H]1CCNC1. The van der Waals surface area contributed by atoms with Gasteiger partial charge in [0.05, 0.1) is 17.4 Å². The van der Waals surface area contributed by atoms with E-state index in [1.54, 1.807) is 0 Å². The predicted molar refractivity (Wildman–Crippen MR) is 71.4 cm³/mol. The lowest BCUT2D eigenvalue weighted by Crippen LogP contribution is -2.33. The molecule has 1 saturated heterocycles. The van der Waals surface area contributed by atoms with Crippen LogP contribution in [0.25, 0.3) is 10.9 Å². The van der Waals surface area contributed by atoms with E-state index in [1.165, 1.54) is 17.5 Å². The summed E-state index contributed by atoms with van der Waals surface area (Å²) < 4.78 is 0. The summed E-state index contributed by atoms with van der Waals surface area (Å²) in [6.45, 7) is 2.19. The predicted octanol–water partition coefficient (Wildman–Crippen LogP) is 2.03. The third-order valence-corrected chi connectivity index (χ3v) is 3.57. The Morgan fingerprint density at radius 2 is 2.24 bits per heavy atom. The average Bonchev–Trinajstić information content (AvgIpc) is 2.91. The molecular weight excluding hydrogens is 210 g/mol. The van der Waals surface area contributed by atoms with Crippen molar-refractivity contribution in [1.29, 1.82) is 0 Å². The number of benzene rings is 1. The van der Waals surface area contributed by atoms with E-state index in [9.17, 15) is 0 Å². The number of hydrogen-bond acceptors (Lipinski definition) is 3. The zero-order chi connectivity index (χ0) is 11.7. The summed E-state index contributed by atoms with van der Waals surface area (Å²) in [6, 6.07) is 11.1. The quantitative estimate of drug-likeness (QED) is 0.851. The summed E-state index contributed by atoms with van der Waals surface area (Å²) in [7, 11) is 2.16. The lowest BCUT2D eigenvalue weighted by molar-refractivity contribution is 0.685. The van der Waals surface area contributed by atoms with Crippen molar-refractivity contribution < 1.29 is 0 Å². The maximum atomic E-state index is 4.51. The van der Waals surface area contributed by atoms with E-state index in [1.807, 2.05) is 12.3 Å². The molecule has 0 unspecified atom stereocenters. The molecule has 1 atom stereocenters. The second kappa shape index (κ2) is 4.34. The van der Waals surface area contributed by atoms with E-state index in [-0.39, 0.29) is 0 Å². The molecule has 1 aromatic heterocycles. The molecule has 3 rings (SSSR count). The lowest BCUT2D eigenvalue weighted by atomic mass is 10.1. The van der Waals surface area contributed by atoms with Crippen molar-refractivity contribution in [2.24, 2.45) is 0 Å². The number of hydrogen-bond donors (Lipinski definition) is 1. The van der Waals surface area contributed by atoms with Crippen LogP contribution in [0, 0.1) is 0 Å². The Hall–Kier alpha value is -1.61. The minimum atomic E-state index is 0.595. The summed E-state index contributed by atoms with van der Waals surface area (Å²) in [5, 5.41) is 4.61. The normalized spacial score (nSPS) is 19.7. The van der Waals surface area contributed by atoms with E-state index in [2.05, 4.69) is 46.5 Å². The molecule has 1 N–H and O–H groups in total. The number of pyridine rings is 1. The van der Waals surface area contributed by atoms with Crippen LogP contribution in [0.1, 0.15) is 6.42 Å². The molecule has 0 bridgehead atoms. The molecule has 0 radical (unpaired) electrons. The molecule has 3 heteroatoms. The molecule has 0 spiro atoms. The van der Waals surface area contributed by atoms with Crippen molar-refractivity contribution in [1.82, 2.24) is 10.3 Å². The van der Waals surface area contributed by atoms with Crippen molar-refractivity contribution in [3.05, 3.63) is 36.5 Å². The second-order valence-corrected chi connectivity index (χ2v) is 4.64. The van der Waals surface area contributed by atoms with Crippen LogP contribution in [0.2, 0.25) is 0 Å². The van der Waals surface area contributed by atoms with E-state index < -0.39 is 0 Å². The molecule has 2 heterocycles. The van der Waals surface area contributed by atoms with Gasteiger partial charge < -0.3 is 10.2 Å². The number of likely N-dealkylation sites (N-methyl/N-ethyl adjacent to an activating group) is 1. The number of rotatable bonds is 2. The minimum absolute atomic E-state index is 0.595. The molecule has 0 amide bonds. The van der Waals surface area contributed by atoms with Crippen LogP contribution in [-0.4, -0.2) is 31.2 Å². The zero-order valence-corrected chi connectivity index (χ0v) is 10.1. The van der Waals surface area contributed by atoms with Crippen LogP contribution in [0.4, 0.5) is 5.69 Å². The number of aromatic nitrogens is 1. The lowest BCUT2D eigenvalue weighted by Gasteiger charge is -2.25. The molecule has 88 valence electrons. The largest absolute Gasteiger partial charge is 0.369 e. The van der Waals surface area contributed by atoms with Gasteiger partial charge in [-0.1, -0.05) is 18.2 Å². The van der Waals surface area contributed by atoms with E-state index in [4.69, 9.17) is 0 Å². The number of nitrogens with zero attached hydrogens (tertiary/aromatic N) is 2. The summed E-state index contributed by atoms with van der Waals surface area (Å²) in [4.78, 5) is 6.84. The third kappa shape index (κ3) is 1.98. The molecule has 1 fully saturated rings. The van der Waals surface area contributed by atoms with Crippen molar-refractivity contribution in [2.45, 2.75) is 12.5 Å².